The van der Waals surface area contributed by atoms with Crippen LogP contribution in [0.25, 0.3) is 0 Å². The Morgan fingerprint density at radius 3 is 2.67 bits per heavy atom. The normalized spacial score (nSPS) is 17.3. The SMILES string of the molecule is FC(F)(F)CCCCNCc1ccn(C2CCCCC2)n1. The van der Waals surface area contributed by atoms with Crippen molar-refractivity contribution in [2.45, 2.75) is 70.1 Å². The van der Waals surface area contributed by atoms with Gasteiger partial charge in [-0.05, 0) is 38.3 Å². The van der Waals surface area contributed by atoms with Gasteiger partial charge in [0.1, 0.15) is 0 Å². The molecule has 1 heterocycles. The van der Waals surface area contributed by atoms with E-state index in [1.165, 1.54) is 32.1 Å². The number of halogens is 3. The molecule has 1 aromatic heterocycles. The summed E-state index contributed by atoms with van der Waals surface area (Å²) >= 11 is 0. The number of nitrogens with one attached hydrogen (secondary N) is 1. The first-order chi connectivity index (χ1) is 10.0. The highest BCUT2D eigenvalue weighted by atomic mass is 19.4. The van der Waals surface area contributed by atoms with Crippen LogP contribution in [-0.2, 0) is 6.54 Å². The molecule has 0 aliphatic heterocycles. The number of rotatable bonds is 7. The van der Waals surface area contributed by atoms with E-state index < -0.39 is 12.6 Å². The maximum absolute atomic E-state index is 12.0. The van der Waals surface area contributed by atoms with Gasteiger partial charge < -0.3 is 5.32 Å². The summed E-state index contributed by atoms with van der Waals surface area (Å²) in [5, 5.41) is 7.73. The van der Waals surface area contributed by atoms with Crippen molar-refractivity contribution < 1.29 is 13.2 Å². The molecular weight excluding hydrogens is 279 g/mol. The van der Waals surface area contributed by atoms with Crippen molar-refractivity contribution in [1.82, 2.24) is 15.1 Å². The summed E-state index contributed by atoms with van der Waals surface area (Å²) < 4.78 is 38.0. The molecular formula is C15H24F3N3. The first-order valence-corrected chi connectivity index (χ1v) is 7.86. The highest BCUT2D eigenvalue weighted by Crippen LogP contribution is 2.27. The molecule has 0 unspecified atom stereocenters. The van der Waals surface area contributed by atoms with Crippen LogP contribution in [-0.4, -0.2) is 22.5 Å². The van der Waals surface area contributed by atoms with Gasteiger partial charge >= 0.3 is 6.18 Å². The van der Waals surface area contributed by atoms with Crippen molar-refractivity contribution in [2.24, 2.45) is 0 Å². The van der Waals surface area contributed by atoms with Gasteiger partial charge in [-0.15, -0.1) is 0 Å². The Morgan fingerprint density at radius 2 is 1.95 bits per heavy atom. The summed E-state index contributed by atoms with van der Waals surface area (Å²) in [5.74, 6) is 0. The molecule has 2 rings (SSSR count). The second-order valence-electron chi connectivity index (χ2n) is 5.83. The van der Waals surface area contributed by atoms with Gasteiger partial charge in [0.15, 0.2) is 0 Å². The molecule has 0 amide bonds. The van der Waals surface area contributed by atoms with Crippen LogP contribution in [0.3, 0.4) is 0 Å². The van der Waals surface area contributed by atoms with Gasteiger partial charge in [-0.25, -0.2) is 0 Å². The molecule has 0 bridgehead atoms. The molecule has 1 aromatic rings. The van der Waals surface area contributed by atoms with E-state index in [0.29, 0.717) is 25.6 Å². The predicted octanol–water partition coefficient (Wildman–Crippen LogP) is 4.21. The zero-order valence-corrected chi connectivity index (χ0v) is 12.3. The van der Waals surface area contributed by atoms with Gasteiger partial charge in [0, 0.05) is 19.2 Å². The summed E-state index contributed by atoms with van der Waals surface area (Å²) in [6.45, 7) is 1.23. The zero-order chi connectivity index (χ0) is 15.1. The summed E-state index contributed by atoms with van der Waals surface area (Å²) in [7, 11) is 0. The third-order valence-corrected chi connectivity index (χ3v) is 3.98. The minimum absolute atomic E-state index is 0.188. The Balaban J connectivity index is 1.62. The molecule has 3 nitrogen and oxygen atoms in total. The second-order valence-corrected chi connectivity index (χ2v) is 5.83. The topological polar surface area (TPSA) is 29.9 Å². The van der Waals surface area contributed by atoms with E-state index in [1.807, 2.05) is 12.3 Å². The summed E-state index contributed by atoms with van der Waals surface area (Å²) in [6, 6.07) is 2.52. The quantitative estimate of drug-likeness (QED) is 0.765. The Hall–Kier alpha value is -1.04. The van der Waals surface area contributed by atoms with E-state index in [0.717, 1.165) is 5.69 Å². The maximum atomic E-state index is 12.0. The molecule has 0 atom stereocenters. The average molecular weight is 303 g/mol. The van der Waals surface area contributed by atoms with Crippen molar-refractivity contribution in [3.05, 3.63) is 18.0 Å². The van der Waals surface area contributed by atoms with Crippen LogP contribution in [0, 0.1) is 0 Å². The Labute approximate surface area is 123 Å². The van der Waals surface area contributed by atoms with E-state index >= 15 is 0 Å². The first-order valence-electron chi connectivity index (χ1n) is 7.86. The van der Waals surface area contributed by atoms with E-state index in [9.17, 15) is 13.2 Å². The largest absolute Gasteiger partial charge is 0.389 e. The van der Waals surface area contributed by atoms with E-state index in [4.69, 9.17) is 0 Å². The van der Waals surface area contributed by atoms with Crippen LogP contribution in [0.4, 0.5) is 13.2 Å². The third kappa shape index (κ3) is 6.08. The molecule has 0 aromatic carbocycles. The van der Waals surface area contributed by atoms with E-state index in [1.54, 1.807) is 0 Å². The van der Waals surface area contributed by atoms with Gasteiger partial charge in [0.2, 0.25) is 0 Å². The van der Waals surface area contributed by atoms with Crippen LogP contribution in [0.1, 0.15) is 63.1 Å². The van der Waals surface area contributed by atoms with Gasteiger partial charge in [-0.2, -0.15) is 18.3 Å². The average Bonchev–Trinajstić information content (AvgIpc) is 2.91. The standard InChI is InChI=1S/C15H24F3N3/c16-15(17,18)9-4-5-10-19-12-13-8-11-21(20-13)14-6-2-1-3-7-14/h8,11,14,19H,1-7,9-10,12H2. The van der Waals surface area contributed by atoms with Crippen molar-refractivity contribution in [3.63, 3.8) is 0 Å². The van der Waals surface area contributed by atoms with Gasteiger partial charge in [-0.3, -0.25) is 4.68 Å². The zero-order valence-electron chi connectivity index (χ0n) is 12.3. The van der Waals surface area contributed by atoms with Gasteiger partial charge in [0.25, 0.3) is 0 Å². The lowest BCUT2D eigenvalue weighted by molar-refractivity contribution is -0.135. The Morgan fingerprint density at radius 1 is 1.19 bits per heavy atom. The molecule has 1 N–H and O–H groups in total. The fourth-order valence-electron chi connectivity index (χ4n) is 2.81. The number of alkyl halides is 3. The van der Waals surface area contributed by atoms with Crippen LogP contribution < -0.4 is 5.32 Å². The van der Waals surface area contributed by atoms with Crippen LogP contribution >= 0.6 is 0 Å². The van der Waals surface area contributed by atoms with Crippen LogP contribution in [0.5, 0.6) is 0 Å². The fraction of sp³-hybridized carbons (Fsp3) is 0.800. The third-order valence-electron chi connectivity index (χ3n) is 3.98. The predicted molar refractivity (Wildman–Crippen MR) is 76.0 cm³/mol. The van der Waals surface area contributed by atoms with Gasteiger partial charge in [0.05, 0.1) is 11.7 Å². The van der Waals surface area contributed by atoms with Crippen molar-refractivity contribution >= 4 is 0 Å². The lowest BCUT2D eigenvalue weighted by Crippen LogP contribution is -2.17. The molecule has 120 valence electrons. The molecule has 0 saturated heterocycles. The lowest BCUT2D eigenvalue weighted by Gasteiger charge is -2.21. The number of hydrogen-bond acceptors (Lipinski definition) is 2. The molecule has 1 saturated carbocycles. The molecule has 1 fully saturated rings. The van der Waals surface area contributed by atoms with E-state index in [-0.39, 0.29) is 6.42 Å². The van der Waals surface area contributed by atoms with Crippen molar-refractivity contribution in [3.8, 4) is 0 Å². The smallest absolute Gasteiger partial charge is 0.311 e. The second kappa shape index (κ2) is 7.82. The fourth-order valence-corrected chi connectivity index (χ4v) is 2.81. The van der Waals surface area contributed by atoms with Crippen molar-refractivity contribution in [1.29, 1.82) is 0 Å². The van der Waals surface area contributed by atoms with E-state index in [2.05, 4.69) is 15.1 Å². The van der Waals surface area contributed by atoms with Crippen LogP contribution in [0.2, 0.25) is 0 Å². The Bertz CT molecular complexity index is 409. The minimum atomic E-state index is -4.03. The molecule has 0 radical (unpaired) electrons. The summed E-state index contributed by atoms with van der Waals surface area (Å²) in [6.07, 6.45) is 4.31. The highest BCUT2D eigenvalue weighted by Gasteiger charge is 2.25. The summed E-state index contributed by atoms with van der Waals surface area (Å²) in [4.78, 5) is 0. The lowest BCUT2D eigenvalue weighted by atomic mass is 9.96. The molecule has 1 aliphatic carbocycles. The number of aromatic nitrogens is 2. The number of hydrogen-bond donors (Lipinski definition) is 1. The minimum Gasteiger partial charge on any atom is -0.311 e. The molecule has 6 heteroatoms. The molecule has 21 heavy (non-hydrogen) atoms. The first kappa shape index (κ1) is 16.3. The number of unbranched alkanes of at least 4 members (excludes halogenated alkanes) is 1. The number of nitrogens with zero attached hydrogens (tertiary/aromatic N) is 2. The highest BCUT2D eigenvalue weighted by molar-refractivity contribution is 4.99. The maximum Gasteiger partial charge on any atom is 0.389 e. The molecule has 0 spiro atoms. The molecule has 1 aliphatic rings. The monoisotopic (exact) mass is 303 g/mol. The Kier molecular flexibility index (Phi) is 6.08. The van der Waals surface area contributed by atoms with Crippen LogP contribution in [0.15, 0.2) is 12.3 Å². The van der Waals surface area contributed by atoms with Gasteiger partial charge in [-0.1, -0.05) is 19.3 Å². The summed E-state index contributed by atoms with van der Waals surface area (Å²) in [5.41, 5.74) is 0.969. The van der Waals surface area contributed by atoms with Crippen molar-refractivity contribution in [2.75, 3.05) is 6.54 Å².